The number of benzene rings is 1. The molecule has 1 heteroatoms. The lowest BCUT2D eigenvalue weighted by Crippen LogP contribution is -2.09. The molecule has 2 rings (SSSR count). The van der Waals surface area contributed by atoms with Crippen LogP contribution in [0.2, 0.25) is 0 Å². The molecule has 1 aliphatic rings. The maximum absolute atomic E-state index is 2.30. The second kappa shape index (κ2) is 3.93. The normalized spacial score (nSPS) is 14.2. The molecule has 0 amide bonds. The van der Waals surface area contributed by atoms with Gasteiger partial charge >= 0.3 is 0 Å². The van der Waals surface area contributed by atoms with Crippen molar-refractivity contribution in [2.24, 2.45) is 0 Å². The highest BCUT2D eigenvalue weighted by molar-refractivity contribution is 5.69. The van der Waals surface area contributed by atoms with Crippen molar-refractivity contribution in [3.8, 4) is 0 Å². The Morgan fingerprint density at radius 2 is 2.13 bits per heavy atom. The quantitative estimate of drug-likeness (QED) is 0.707. The van der Waals surface area contributed by atoms with E-state index in [-0.39, 0.29) is 0 Å². The lowest BCUT2D eigenvalue weighted by Gasteiger charge is -2.18. The predicted molar refractivity (Wildman–Crippen MR) is 66.5 cm³/mol. The molecule has 0 heterocycles. The van der Waals surface area contributed by atoms with Gasteiger partial charge in [-0.3, -0.25) is 0 Å². The van der Waals surface area contributed by atoms with Crippen LogP contribution in [0.4, 0.5) is 0 Å². The molecule has 0 fully saturated rings. The minimum atomic E-state index is 1.08. The van der Waals surface area contributed by atoms with Crippen molar-refractivity contribution in [2.75, 3.05) is 14.1 Å². The summed E-state index contributed by atoms with van der Waals surface area (Å²) in [6, 6.07) is 6.70. The van der Waals surface area contributed by atoms with E-state index in [2.05, 4.69) is 62.3 Å². The molecule has 0 atom stereocenters. The zero-order chi connectivity index (χ0) is 10.8. The summed E-state index contributed by atoms with van der Waals surface area (Å²) < 4.78 is 0. The van der Waals surface area contributed by atoms with Gasteiger partial charge in [-0.2, -0.15) is 0 Å². The van der Waals surface area contributed by atoms with Crippen molar-refractivity contribution in [3.63, 3.8) is 0 Å². The fraction of sp³-hybridized carbons (Fsp3) is 0.286. The third kappa shape index (κ3) is 1.82. The monoisotopic (exact) mass is 199 g/mol. The Labute approximate surface area is 91.7 Å². The van der Waals surface area contributed by atoms with Crippen LogP contribution in [-0.2, 0) is 6.42 Å². The number of hydrogen-bond acceptors (Lipinski definition) is 1. The van der Waals surface area contributed by atoms with Crippen LogP contribution in [0.1, 0.15) is 23.6 Å². The number of hydrogen-bond donors (Lipinski definition) is 0. The Hall–Kier alpha value is -1.50. The summed E-state index contributed by atoms with van der Waals surface area (Å²) in [6.45, 7) is 2.08. The molecule has 1 aliphatic carbocycles. The van der Waals surface area contributed by atoms with E-state index in [0.29, 0.717) is 0 Å². The van der Waals surface area contributed by atoms with E-state index in [0.717, 1.165) is 6.42 Å². The van der Waals surface area contributed by atoms with Crippen LogP contribution in [0.5, 0.6) is 0 Å². The molecule has 78 valence electrons. The first-order chi connectivity index (χ1) is 7.22. The minimum Gasteiger partial charge on any atom is -0.377 e. The summed E-state index contributed by atoms with van der Waals surface area (Å²) in [4.78, 5) is 2.16. The standard InChI is InChI=1S/C14H17N/c1-4-14(15(2)3)13-9-8-11-6-5-7-12(11)10-13/h4-6,8-10H,7H2,1-3H3. The maximum atomic E-state index is 2.30. The summed E-state index contributed by atoms with van der Waals surface area (Å²) in [6.07, 6.45) is 7.65. The highest BCUT2D eigenvalue weighted by Gasteiger charge is 2.08. The van der Waals surface area contributed by atoms with E-state index in [1.54, 1.807) is 0 Å². The van der Waals surface area contributed by atoms with E-state index >= 15 is 0 Å². The number of allylic oxidation sites excluding steroid dienone is 2. The van der Waals surface area contributed by atoms with Gasteiger partial charge in [0, 0.05) is 19.8 Å². The second-order valence-corrected chi connectivity index (χ2v) is 4.09. The zero-order valence-electron chi connectivity index (χ0n) is 9.62. The van der Waals surface area contributed by atoms with Gasteiger partial charge in [0.1, 0.15) is 0 Å². The van der Waals surface area contributed by atoms with Gasteiger partial charge in [0.05, 0.1) is 0 Å². The average Bonchev–Trinajstić information content (AvgIpc) is 2.65. The van der Waals surface area contributed by atoms with Gasteiger partial charge in [0.15, 0.2) is 0 Å². The Morgan fingerprint density at radius 3 is 2.80 bits per heavy atom. The molecule has 0 aromatic heterocycles. The summed E-state index contributed by atoms with van der Waals surface area (Å²) in [5.74, 6) is 0. The van der Waals surface area contributed by atoms with Crippen LogP contribution >= 0.6 is 0 Å². The highest BCUT2D eigenvalue weighted by atomic mass is 15.1. The summed E-state index contributed by atoms with van der Waals surface area (Å²) >= 11 is 0. The van der Waals surface area contributed by atoms with Crippen molar-refractivity contribution < 1.29 is 0 Å². The van der Waals surface area contributed by atoms with Crippen LogP contribution < -0.4 is 0 Å². The first kappa shape index (κ1) is 10.0. The molecule has 15 heavy (non-hydrogen) atoms. The first-order valence-electron chi connectivity index (χ1n) is 5.36. The molecule has 0 unspecified atom stereocenters. The van der Waals surface area contributed by atoms with Gasteiger partial charge in [0.2, 0.25) is 0 Å². The van der Waals surface area contributed by atoms with Crippen LogP contribution in [0.3, 0.4) is 0 Å². The van der Waals surface area contributed by atoms with Gasteiger partial charge in [-0.25, -0.2) is 0 Å². The van der Waals surface area contributed by atoms with Crippen molar-refractivity contribution in [1.29, 1.82) is 0 Å². The SMILES string of the molecule is CC=C(c1ccc2c(c1)CC=C2)N(C)C. The predicted octanol–water partition coefficient (Wildman–Crippen LogP) is 3.18. The largest absolute Gasteiger partial charge is 0.377 e. The van der Waals surface area contributed by atoms with E-state index in [4.69, 9.17) is 0 Å². The summed E-state index contributed by atoms with van der Waals surface area (Å²) in [5, 5.41) is 0. The average molecular weight is 199 g/mol. The van der Waals surface area contributed by atoms with Gasteiger partial charge in [0.25, 0.3) is 0 Å². The molecule has 0 aliphatic heterocycles. The van der Waals surface area contributed by atoms with E-state index in [9.17, 15) is 0 Å². The Kier molecular flexibility index (Phi) is 2.63. The van der Waals surface area contributed by atoms with Crippen LogP contribution in [-0.4, -0.2) is 19.0 Å². The zero-order valence-corrected chi connectivity index (χ0v) is 9.62. The molecule has 0 saturated heterocycles. The fourth-order valence-corrected chi connectivity index (χ4v) is 2.10. The van der Waals surface area contributed by atoms with E-state index in [1.807, 2.05) is 0 Å². The van der Waals surface area contributed by atoms with Gasteiger partial charge in [-0.1, -0.05) is 30.4 Å². The molecular weight excluding hydrogens is 182 g/mol. The number of nitrogens with zero attached hydrogens (tertiary/aromatic N) is 1. The highest BCUT2D eigenvalue weighted by Crippen LogP contribution is 2.24. The molecule has 0 N–H and O–H groups in total. The molecule has 0 saturated carbocycles. The summed E-state index contributed by atoms with van der Waals surface area (Å²) in [5.41, 5.74) is 5.40. The van der Waals surface area contributed by atoms with Gasteiger partial charge in [-0.15, -0.1) is 0 Å². The fourth-order valence-electron chi connectivity index (χ4n) is 2.10. The minimum absolute atomic E-state index is 1.08. The molecule has 0 spiro atoms. The third-order valence-corrected chi connectivity index (χ3v) is 2.83. The lowest BCUT2D eigenvalue weighted by atomic mass is 10.0. The van der Waals surface area contributed by atoms with Crippen LogP contribution in [0, 0.1) is 0 Å². The molecule has 1 aromatic rings. The van der Waals surface area contributed by atoms with Crippen LogP contribution in [0.25, 0.3) is 11.8 Å². The van der Waals surface area contributed by atoms with Crippen molar-refractivity contribution in [1.82, 2.24) is 4.90 Å². The topological polar surface area (TPSA) is 3.24 Å². The lowest BCUT2D eigenvalue weighted by molar-refractivity contribution is 0.591. The second-order valence-electron chi connectivity index (χ2n) is 4.09. The van der Waals surface area contributed by atoms with E-state index in [1.165, 1.54) is 22.4 Å². The van der Waals surface area contributed by atoms with Crippen LogP contribution in [0.15, 0.2) is 30.4 Å². The summed E-state index contributed by atoms with van der Waals surface area (Å²) in [7, 11) is 4.17. The van der Waals surface area contributed by atoms with Gasteiger partial charge in [-0.05, 0) is 36.1 Å². The first-order valence-corrected chi connectivity index (χ1v) is 5.36. The van der Waals surface area contributed by atoms with Gasteiger partial charge < -0.3 is 4.90 Å². The van der Waals surface area contributed by atoms with Crippen molar-refractivity contribution in [2.45, 2.75) is 13.3 Å². The maximum Gasteiger partial charge on any atom is 0.0391 e. The molecule has 1 aromatic carbocycles. The molecule has 1 nitrogen and oxygen atoms in total. The molecule has 0 bridgehead atoms. The smallest absolute Gasteiger partial charge is 0.0391 e. The Morgan fingerprint density at radius 1 is 1.33 bits per heavy atom. The number of fused-ring (bicyclic) bond motifs is 1. The Balaban J connectivity index is 2.39. The molecule has 0 radical (unpaired) electrons. The van der Waals surface area contributed by atoms with E-state index < -0.39 is 0 Å². The Bertz CT molecular complexity index is 425. The van der Waals surface area contributed by atoms with Crippen molar-refractivity contribution in [3.05, 3.63) is 47.0 Å². The molecular formula is C14H17N. The number of rotatable bonds is 2. The third-order valence-electron chi connectivity index (χ3n) is 2.83. The van der Waals surface area contributed by atoms with Crippen molar-refractivity contribution >= 4 is 11.8 Å².